The molecule has 2 amide bonds. The molecule has 1 atom stereocenters. The number of carbonyl (C=O) groups excluding carboxylic acids is 1. The average molecular weight is 382 g/mol. The van der Waals surface area contributed by atoms with Gasteiger partial charge < -0.3 is 10.2 Å². The van der Waals surface area contributed by atoms with Crippen molar-refractivity contribution in [3.8, 4) is 0 Å². The summed E-state index contributed by atoms with van der Waals surface area (Å²) in [5.41, 5.74) is 1.31. The number of nitrogens with two attached hydrogens (primary N) is 1. The molecule has 0 saturated carbocycles. The maximum Gasteiger partial charge on any atom is 0.317 e. The molecule has 0 bridgehead atoms. The number of nitrogens with one attached hydrogen (secondary N) is 1. The summed E-state index contributed by atoms with van der Waals surface area (Å²) in [6.07, 6.45) is 1.08. The molecule has 0 aliphatic carbocycles. The van der Waals surface area contributed by atoms with Crippen molar-refractivity contribution in [3.05, 3.63) is 35.9 Å². The minimum absolute atomic E-state index is 0.124. The maximum atomic E-state index is 12.3. The fraction of sp³-hybridized carbons (Fsp3) is 0.588. The molecule has 26 heavy (non-hydrogen) atoms. The molecule has 2 saturated heterocycles. The molecule has 9 heteroatoms. The maximum absolute atomic E-state index is 12.3. The van der Waals surface area contributed by atoms with E-state index in [2.05, 4.69) is 34.5 Å². The van der Waals surface area contributed by atoms with Crippen LogP contribution in [0.25, 0.3) is 0 Å². The minimum atomic E-state index is -3.66. The second-order valence-corrected chi connectivity index (χ2v) is 8.54. The van der Waals surface area contributed by atoms with E-state index in [9.17, 15) is 13.2 Å². The van der Waals surface area contributed by atoms with Gasteiger partial charge in [-0.25, -0.2) is 9.93 Å². The van der Waals surface area contributed by atoms with E-state index in [0.717, 1.165) is 26.1 Å². The van der Waals surface area contributed by atoms with Gasteiger partial charge in [-0.3, -0.25) is 4.90 Å². The molecule has 1 aromatic rings. The quantitative estimate of drug-likeness (QED) is 0.752. The summed E-state index contributed by atoms with van der Waals surface area (Å²) in [5.74, 6) is 0.452. The zero-order chi connectivity index (χ0) is 18.6. The highest BCUT2D eigenvalue weighted by molar-refractivity contribution is 7.86. The molecule has 2 aliphatic heterocycles. The van der Waals surface area contributed by atoms with E-state index in [1.165, 1.54) is 9.87 Å². The third kappa shape index (κ3) is 5.16. The lowest BCUT2D eigenvalue weighted by Gasteiger charge is -2.33. The summed E-state index contributed by atoms with van der Waals surface area (Å²) in [7, 11) is -3.66. The summed E-state index contributed by atoms with van der Waals surface area (Å²) < 4.78 is 23.8. The Bertz CT molecular complexity index is 704. The number of nitrogens with zero attached hydrogens (tertiary/aromatic N) is 3. The van der Waals surface area contributed by atoms with Crippen molar-refractivity contribution in [2.75, 3.05) is 45.8 Å². The molecule has 144 valence electrons. The van der Waals surface area contributed by atoms with Gasteiger partial charge in [0.25, 0.3) is 10.2 Å². The number of amides is 2. The van der Waals surface area contributed by atoms with Crippen molar-refractivity contribution >= 4 is 16.2 Å². The highest BCUT2D eigenvalue weighted by atomic mass is 32.2. The molecule has 2 heterocycles. The van der Waals surface area contributed by atoms with Crippen LogP contribution < -0.4 is 10.5 Å². The summed E-state index contributed by atoms with van der Waals surface area (Å²) in [5, 5.41) is 8.11. The first kappa shape index (κ1) is 19.1. The fourth-order valence-corrected chi connectivity index (χ4v) is 4.23. The first-order valence-corrected chi connectivity index (χ1v) is 10.5. The molecule has 0 radical (unpaired) electrons. The standard InChI is InChI=1S/C17H27N5O3S/c18-26(24,25)22-10-8-21(9-11-22)17(23)19-12-16-6-7-20(14-16)13-15-4-2-1-3-5-15/h1-5,16H,6-14H2,(H,19,23)(H2,18,24,25). The van der Waals surface area contributed by atoms with Crippen LogP contribution in [-0.4, -0.2) is 74.4 Å². The van der Waals surface area contributed by atoms with E-state index in [0.29, 0.717) is 25.6 Å². The molecular weight excluding hydrogens is 354 g/mol. The molecule has 1 unspecified atom stereocenters. The Labute approximate surface area is 155 Å². The van der Waals surface area contributed by atoms with Gasteiger partial charge in [0.15, 0.2) is 0 Å². The lowest BCUT2D eigenvalue weighted by atomic mass is 10.1. The zero-order valence-electron chi connectivity index (χ0n) is 14.9. The first-order valence-electron chi connectivity index (χ1n) is 8.99. The van der Waals surface area contributed by atoms with E-state index < -0.39 is 10.2 Å². The van der Waals surface area contributed by atoms with Gasteiger partial charge in [0, 0.05) is 45.8 Å². The summed E-state index contributed by atoms with van der Waals surface area (Å²) >= 11 is 0. The molecule has 0 aromatic heterocycles. The van der Waals surface area contributed by atoms with Gasteiger partial charge in [0.1, 0.15) is 0 Å². The average Bonchev–Trinajstić information content (AvgIpc) is 3.07. The van der Waals surface area contributed by atoms with E-state index >= 15 is 0 Å². The smallest absolute Gasteiger partial charge is 0.317 e. The molecule has 0 spiro atoms. The molecular formula is C17H27N5O3S. The van der Waals surface area contributed by atoms with Crippen LogP contribution in [0.5, 0.6) is 0 Å². The SMILES string of the molecule is NS(=O)(=O)N1CCN(C(=O)NCC2CCN(Cc3ccccc3)C2)CC1. The monoisotopic (exact) mass is 381 g/mol. The van der Waals surface area contributed by atoms with Crippen LogP contribution in [0.2, 0.25) is 0 Å². The third-order valence-electron chi connectivity index (χ3n) is 5.05. The Morgan fingerprint density at radius 1 is 1.12 bits per heavy atom. The van der Waals surface area contributed by atoms with Gasteiger partial charge in [-0.05, 0) is 24.4 Å². The van der Waals surface area contributed by atoms with Crippen molar-refractivity contribution in [1.29, 1.82) is 0 Å². The largest absolute Gasteiger partial charge is 0.338 e. The van der Waals surface area contributed by atoms with E-state index in [1.54, 1.807) is 4.90 Å². The molecule has 8 nitrogen and oxygen atoms in total. The topological polar surface area (TPSA) is 99.0 Å². The number of hydrogen-bond acceptors (Lipinski definition) is 4. The van der Waals surface area contributed by atoms with Crippen LogP contribution >= 0.6 is 0 Å². The number of piperazine rings is 1. The Hall–Kier alpha value is -1.68. The van der Waals surface area contributed by atoms with Crippen molar-refractivity contribution in [1.82, 2.24) is 19.4 Å². The van der Waals surface area contributed by atoms with Crippen molar-refractivity contribution in [2.24, 2.45) is 11.1 Å². The Morgan fingerprint density at radius 3 is 2.46 bits per heavy atom. The zero-order valence-corrected chi connectivity index (χ0v) is 15.7. The summed E-state index contributed by atoms with van der Waals surface area (Å²) in [6.45, 7) is 4.86. The summed E-state index contributed by atoms with van der Waals surface area (Å²) in [4.78, 5) is 16.4. The van der Waals surface area contributed by atoms with Gasteiger partial charge in [-0.15, -0.1) is 0 Å². The van der Waals surface area contributed by atoms with Gasteiger partial charge in [-0.2, -0.15) is 12.7 Å². The van der Waals surface area contributed by atoms with E-state index in [4.69, 9.17) is 5.14 Å². The Morgan fingerprint density at radius 2 is 1.81 bits per heavy atom. The molecule has 1 aromatic carbocycles. The fourth-order valence-electron chi connectivity index (χ4n) is 3.55. The van der Waals surface area contributed by atoms with Crippen LogP contribution in [0, 0.1) is 5.92 Å². The molecule has 2 aliphatic rings. The van der Waals surface area contributed by atoms with E-state index in [1.807, 2.05) is 6.07 Å². The van der Waals surface area contributed by atoms with Gasteiger partial charge in [0.05, 0.1) is 0 Å². The predicted molar refractivity (Wildman–Crippen MR) is 99.5 cm³/mol. The van der Waals surface area contributed by atoms with E-state index in [-0.39, 0.29) is 19.1 Å². The van der Waals surface area contributed by atoms with Crippen LogP contribution in [0.1, 0.15) is 12.0 Å². The predicted octanol–water partition coefficient (Wildman–Crippen LogP) is 0.0392. The Balaban J connectivity index is 1.38. The number of urea groups is 1. The lowest BCUT2D eigenvalue weighted by molar-refractivity contribution is 0.171. The highest BCUT2D eigenvalue weighted by Crippen LogP contribution is 2.18. The first-order chi connectivity index (χ1) is 12.4. The number of rotatable bonds is 5. The third-order valence-corrected chi connectivity index (χ3v) is 6.13. The van der Waals surface area contributed by atoms with Crippen molar-refractivity contribution in [3.63, 3.8) is 0 Å². The Kier molecular flexibility index (Phi) is 6.13. The summed E-state index contributed by atoms with van der Waals surface area (Å²) in [6, 6.07) is 10.3. The van der Waals surface area contributed by atoms with Crippen LogP contribution in [0.15, 0.2) is 30.3 Å². The minimum Gasteiger partial charge on any atom is -0.338 e. The number of carbonyl (C=O) groups is 1. The number of hydrogen-bond donors (Lipinski definition) is 2. The van der Waals surface area contributed by atoms with Gasteiger partial charge in [0.2, 0.25) is 0 Å². The lowest BCUT2D eigenvalue weighted by Crippen LogP contribution is -2.54. The second kappa shape index (κ2) is 8.34. The van der Waals surface area contributed by atoms with Crippen molar-refractivity contribution in [2.45, 2.75) is 13.0 Å². The van der Waals surface area contributed by atoms with Crippen LogP contribution in [0.4, 0.5) is 4.79 Å². The molecule has 3 N–H and O–H groups in total. The molecule has 2 fully saturated rings. The van der Waals surface area contributed by atoms with Gasteiger partial charge in [-0.1, -0.05) is 30.3 Å². The van der Waals surface area contributed by atoms with Gasteiger partial charge >= 0.3 is 6.03 Å². The second-order valence-electron chi connectivity index (χ2n) is 6.99. The molecule has 3 rings (SSSR count). The van der Waals surface area contributed by atoms with Crippen LogP contribution in [0.3, 0.4) is 0 Å². The highest BCUT2D eigenvalue weighted by Gasteiger charge is 2.27. The number of likely N-dealkylation sites (tertiary alicyclic amines) is 1. The van der Waals surface area contributed by atoms with Crippen molar-refractivity contribution < 1.29 is 13.2 Å². The number of benzene rings is 1. The normalized spacial score (nSPS) is 22.5. The van der Waals surface area contributed by atoms with Crippen LogP contribution in [-0.2, 0) is 16.8 Å².